The van der Waals surface area contributed by atoms with Gasteiger partial charge in [-0.2, -0.15) is 4.98 Å². The van der Waals surface area contributed by atoms with Gasteiger partial charge in [0, 0.05) is 10.6 Å². The molecular formula is C10H8Cl2N2O. The maximum atomic E-state index is 5.82. The third-order valence-corrected chi connectivity index (χ3v) is 2.34. The number of hydrogen-bond donors (Lipinski definition) is 0. The Morgan fingerprint density at radius 1 is 1.27 bits per heavy atom. The van der Waals surface area contributed by atoms with E-state index in [4.69, 9.17) is 27.7 Å². The van der Waals surface area contributed by atoms with Crippen LogP contribution in [0.15, 0.2) is 28.8 Å². The predicted molar refractivity (Wildman–Crippen MR) is 59.0 cm³/mol. The molecule has 0 radical (unpaired) electrons. The van der Waals surface area contributed by atoms with Crippen molar-refractivity contribution in [1.82, 2.24) is 10.1 Å². The Balaban J connectivity index is 2.33. The van der Waals surface area contributed by atoms with Crippen molar-refractivity contribution in [2.45, 2.75) is 12.3 Å². The van der Waals surface area contributed by atoms with E-state index < -0.39 is 0 Å². The molecule has 1 aromatic heterocycles. The van der Waals surface area contributed by atoms with Gasteiger partial charge in [-0.05, 0) is 31.2 Å². The average molecular weight is 243 g/mol. The molecule has 15 heavy (non-hydrogen) atoms. The molecule has 0 spiro atoms. The largest absolute Gasteiger partial charge is 0.334 e. The van der Waals surface area contributed by atoms with E-state index in [9.17, 15) is 0 Å². The van der Waals surface area contributed by atoms with Crippen LogP contribution in [-0.2, 0) is 0 Å². The second kappa shape index (κ2) is 4.21. The Morgan fingerprint density at radius 2 is 1.93 bits per heavy atom. The molecule has 0 N–H and O–H groups in total. The van der Waals surface area contributed by atoms with Crippen molar-refractivity contribution in [2.75, 3.05) is 0 Å². The second-order valence-corrected chi connectivity index (χ2v) is 4.17. The molecule has 5 heteroatoms. The number of halogens is 2. The lowest BCUT2D eigenvalue weighted by molar-refractivity contribution is 0.422. The minimum atomic E-state index is -0.255. The van der Waals surface area contributed by atoms with Crippen LogP contribution in [0.1, 0.15) is 18.1 Å². The van der Waals surface area contributed by atoms with E-state index in [1.165, 1.54) is 0 Å². The van der Waals surface area contributed by atoms with Gasteiger partial charge < -0.3 is 4.52 Å². The quantitative estimate of drug-likeness (QED) is 0.755. The fourth-order valence-electron chi connectivity index (χ4n) is 1.11. The molecular weight excluding hydrogens is 235 g/mol. The molecule has 0 aliphatic rings. The van der Waals surface area contributed by atoms with Crippen molar-refractivity contribution in [3.8, 4) is 11.5 Å². The Bertz CT molecular complexity index is 451. The number of hydrogen-bond acceptors (Lipinski definition) is 3. The van der Waals surface area contributed by atoms with E-state index in [0.29, 0.717) is 16.7 Å². The van der Waals surface area contributed by atoms with Crippen LogP contribution in [0.5, 0.6) is 0 Å². The van der Waals surface area contributed by atoms with E-state index in [2.05, 4.69) is 10.1 Å². The van der Waals surface area contributed by atoms with Gasteiger partial charge in [-0.25, -0.2) is 0 Å². The highest BCUT2D eigenvalue weighted by Gasteiger charge is 2.12. The number of alkyl halides is 1. The summed E-state index contributed by atoms with van der Waals surface area (Å²) < 4.78 is 5.06. The molecule has 0 saturated heterocycles. The summed E-state index contributed by atoms with van der Waals surface area (Å²) in [6.07, 6.45) is 0. The molecule has 3 nitrogen and oxygen atoms in total. The van der Waals surface area contributed by atoms with Gasteiger partial charge in [-0.15, -0.1) is 11.6 Å². The van der Waals surface area contributed by atoms with E-state index in [1.54, 1.807) is 19.1 Å². The molecule has 0 aliphatic carbocycles. The normalized spacial score (nSPS) is 12.7. The van der Waals surface area contributed by atoms with Gasteiger partial charge >= 0.3 is 0 Å². The van der Waals surface area contributed by atoms with Crippen molar-refractivity contribution >= 4 is 23.2 Å². The minimum absolute atomic E-state index is 0.255. The van der Waals surface area contributed by atoms with Crippen LogP contribution < -0.4 is 0 Å². The molecule has 2 rings (SSSR count). The lowest BCUT2D eigenvalue weighted by atomic mass is 10.2. The van der Waals surface area contributed by atoms with Crippen LogP contribution in [0, 0.1) is 0 Å². The number of aromatic nitrogens is 2. The van der Waals surface area contributed by atoms with Crippen LogP contribution >= 0.6 is 23.2 Å². The van der Waals surface area contributed by atoms with Crippen LogP contribution in [0.3, 0.4) is 0 Å². The van der Waals surface area contributed by atoms with Gasteiger partial charge in [0.1, 0.15) is 0 Å². The SMILES string of the molecule is CC(Cl)c1noc(-c2ccc(Cl)cc2)n1. The molecule has 0 bridgehead atoms. The summed E-state index contributed by atoms with van der Waals surface area (Å²) in [5, 5.41) is 4.18. The summed E-state index contributed by atoms with van der Waals surface area (Å²) >= 11 is 11.6. The molecule has 78 valence electrons. The lowest BCUT2D eigenvalue weighted by Crippen LogP contribution is -1.86. The first-order chi connectivity index (χ1) is 7.16. The first-order valence-electron chi connectivity index (χ1n) is 4.40. The molecule has 0 amide bonds. The summed E-state index contributed by atoms with van der Waals surface area (Å²) in [6, 6.07) is 7.17. The third kappa shape index (κ3) is 2.30. The smallest absolute Gasteiger partial charge is 0.257 e. The Labute approximate surface area is 97.0 Å². The standard InChI is InChI=1S/C10H8Cl2N2O/c1-6(11)9-13-10(15-14-9)7-2-4-8(12)5-3-7/h2-6H,1H3. The Kier molecular flexibility index (Phi) is 2.93. The molecule has 2 aromatic rings. The van der Waals surface area contributed by atoms with Crippen molar-refractivity contribution in [2.24, 2.45) is 0 Å². The third-order valence-electron chi connectivity index (χ3n) is 1.89. The summed E-state index contributed by atoms with van der Waals surface area (Å²) in [7, 11) is 0. The van der Waals surface area contributed by atoms with Crippen LogP contribution in [0.4, 0.5) is 0 Å². The predicted octanol–water partition coefficient (Wildman–Crippen LogP) is 3.69. The van der Waals surface area contributed by atoms with Crippen molar-refractivity contribution in [1.29, 1.82) is 0 Å². The number of rotatable bonds is 2. The molecule has 1 heterocycles. The van der Waals surface area contributed by atoms with E-state index in [0.717, 1.165) is 5.56 Å². The summed E-state index contributed by atoms with van der Waals surface area (Å²) in [6.45, 7) is 1.79. The summed E-state index contributed by atoms with van der Waals surface area (Å²) in [5.74, 6) is 0.941. The highest BCUT2D eigenvalue weighted by atomic mass is 35.5. The second-order valence-electron chi connectivity index (χ2n) is 3.08. The highest BCUT2D eigenvalue weighted by molar-refractivity contribution is 6.30. The van der Waals surface area contributed by atoms with Crippen molar-refractivity contribution < 1.29 is 4.52 Å². The van der Waals surface area contributed by atoms with Gasteiger partial charge in [0.25, 0.3) is 5.89 Å². The summed E-state index contributed by atoms with van der Waals surface area (Å²) in [4.78, 5) is 4.16. The number of nitrogens with zero attached hydrogens (tertiary/aromatic N) is 2. The molecule has 0 aliphatic heterocycles. The fourth-order valence-corrected chi connectivity index (χ4v) is 1.32. The van der Waals surface area contributed by atoms with Gasteiger partial charge in [-0.3, -0.25) is 0 Å². The van der Waals surface area contributed by atoms with E-state index in [-0.39, 0.29) is 5.38 Å². The highest BCUT2D eigenvalue weighted by Crippen LogP contribution is 2.22. The summed E-state index contributed by atoms with van der Waals surface area (Å²) in [5.41, 5.74) is 0.829. The van der Waals surface area contributed by atoms with Crippen LogP contribution in [0.2, 0.25) is 5.02 Å². The maximum absolute atomic E-state index is 5.82. The van der Waals surface area contributed by atoms with Gasteiger partial charge in [0.05, 0.1) is 5.38 Å². The zero-order valence-corrected chi connectivity index (χ0v) is 9.46. The number of benzene rings is 1. The average Bonchev–Trinajstić information content (AvgIpc) is 2.68. The zero-order chi connectivity index (χ0) is 10.8. The molecule has 0 fully saturated rings. The zero-order valence-electron chi connectivity index (χ0n) is 7.95. The first-order valence-corrected chi connectivity index (χ1v) is 5.22. The molecule has 0 saturated carbocycles. The van der Waals surface area contributed by atoms with Crippen LogP contribution in [-0.4, -0.2) is 10.1 Å². The Hall–Kier alpha value is -1.06. The van der Waals surface area contributed by atoms with E-state index >= 15 is 0 Å². The maximum Gasteiger partial charge on any atom is 0.257 e. The first kappa shape index (κ1) is 10.5. The van der Waals surface area contributed by atoms with Crippen molar-refractivity contribution in [3.63, 3.8) is 0 Å². The van der Waals surface area contributed by atoms with Gasteiger partial charge in [0.2, 0.25) is 0 Å². The van der Waals surface area contributed by atoms with Gasteiger partial charge in [0.15, 0.2) is 5.82 Å². The fraction of sp³-hybridized carbons (Fsp3) is 0.200. The molecule has 1 aromatic carbocycles. The van der Waals surface area contributed by atoms with E-state index in [1.807, 2.05) is 12.1 Å². The molecule has 1 atom stereocenters. The lowest BCUT2D eigenvalue weighted by Gasteiger charge is -1.93. The molecule has 1 unspecified atom stereocenters. The van der Waals surface area contributed by atoms with Crippen molar-refractivity contribution in [3.05, 3.63) is 35.1 Å². The Morgan fingerprint density at radius 3 is 2.47 bits per heavy atom. The monoisotopic (exact) mass is 242 g/mol. The minimum Gasteiger partial charge on any atom is -0.334 e. The van der Waals surface area contributed by atoms with Gasteiger partial charge in [-0.1, -0.05) is 16.8 Å². The topological polar surface area (TPSA) is 38.9 Å². The van der Waals surface area contributed by atoms with Crippen LogP contribution in [0.25, 0.3) is 11.5 Å².